The van der Waals surface area contributed by atoms with Gasteiger partial charge in [0.05, 0.1) is 6.61 Å². The second-order valence-corrected chi connectivity index (χ2v) is 10.0. The Morgan fingerprint density at radius 3 is 2.00 bits per heavy atom. The molecule has 0 spiro atoms. The first-order chi connectivity index (χ1) is 14.6. The maximum Gasteiger partial charge on any atom is 0.331 e. The smallest absolute Gasteiger partial charge is 0.331 e. The van der Waals surface area contributed by atoms with Crippen LogP contribution in [0.4, 0.5) is 0 Å². The predicted octanol–water partition coefficient (Wildman–Crippen LogP) is 3.17. The summed E-state index contributed by atoms with van der Waals surface area (Å²) in [5.41, 5.74) is 1.61. The molecule has 0 bridgehead atoms. The average Bonchev–Trinajstić information content (AvgIpc) is 2.79. The minimum atomic E-state index is -3.31. The molecule has 0 amide bonds. The Hall–Kier alpha value is -3.21. The van der Waals surface area contributed by atoms with E-state index in [-0.39, 0.29) is 0 Å². The Labute approximate surface area is 179 Å². The lowest BCUT2D eigenvalue weighted by Crippen LogP contribution is -2.68. The Balaban J connectivity index is 2.26. The van der Waals surface area contributed by atoms with Gasteiger partial charge in [-0.05, 0) is 40.0 Å². The zero-order valence-corrected chi connectivity index (χ0v) is 18.1. The molecular formula is C26H26O3Si. The molecule has 0 radical (unpaired) electrons. The first-order valence-corrected chi connectivity index (χ1v) is 12.0. The highest BCUT2D eigenvalue weighted by molar-refractivity contribution is 7.06. The van der Waals surface area contributed by atoms with E-state index in [1.54, 1.807) is 13.0 Å². The highest BCUT2D eigenvalue weighted by Crippen LogP contribution is 2.20. The number of allylic oxidation sites excluding steroid dienone is 2. The van der Waals surface area contributed by atoms with Crippen molar-refractivity contribution in [3.8, 4) is 0 Å². The molecule has 1 N–H and O–H groups in total. The summed E-state index contributed by atoms with van der Waals surface area (Å²) in [4.78, 5) is 24.5. The lowest BCUT2D eigenvalue weighted by Gasteiger charge is -2.29. The van der Waals surface area contributed by atoms with Crippen LogP contribution in [0.15, 0.2) is 104 Å². The van der Waals surface area contributed by atoms with Crippen LogP contribution in [0.3, 0.4) is 0 Å². The quantitative estimate of drug-likeness (QED) is 0.202. The molecule has 0 unspecified atom stereocenters. The number of rotatable bonds is 8. The van der Waals surface area contributed by atoms with Gasteiger partial charge in [0.25, 0.3) is 8.32 Å². The van der Waals surface area contributed by atoms with Crippen molar-refractivity contribution < 1.29 is 14.3 Å². The fourth-order valence-electron chi connectivity index (χ4n) is 3.64. The molecule has 0 saturated heterocycles. The van der Waals surface area contributed by atoms with Gasteiger partial charge in [-0.1, -0.05) is 91.0 Å². The number of hydrogen-bond donors (Lipinski definition) is 1. The number of benzene rings is 3. The molecule has 0 aliphatic heterocycles. The molecule has 30 heavy (non-hydrogen) atoms. The second kappa shape index (κ2) is 10.0. The fourth-order valence-corrected chi connectivity index (χ4v) is 6.92. The van der Waals surface area contributed by atoms with Crippen LogP contribution in [-0.2, 0) is 9.53 Å². The van der Waals surface area contributed by atoms with Crippen LogP contribution < -0.4 is 15.6 Å². The Morgan fingerprint density at radius 2 is 1.47 bits per heavy atom. The van der Waals surface area contributed by atoms with E-state index in [9.17, 15) is 9.59 Å². The van der Waals surface area contributed by atoms with Crippen LogP contribution in [0, 0.1) is 0 Å². The second-order valence-electron chi connectivity index (χ2n) is 6.90. The van der Waals surface area contributed by atoms with Crippen LogP contribution in [0.2, 0.25) is 0 Å². The zero-order valence-electron chi connectivity index (χ0n) is 17.1. The van der Waals surface area contributed by atoms with E-state index in [2.05, 4.69) is 6.58 Å². The Bertz CT molecular complexity index is 987. The maximum atomic E-state index is 12.3. The Kier molecular flexibility index (Phi) is 7.17. The standard InChI is InChI=1S/C26H26O3Si/c1-3-13-21(20-26(27)29-4-2)24-18-11-12-19-25(24)30(28,22-14-7-5-8-15-22)23-16-9-6-10-17-23/h3,5-12,14-20,28H,1,4,13H2,2H3/b21-20+. The number of esters is 1. The molecule has 3 nitrogen and oxygen atoms in total. The van der Waals surface area contributed by atoms with Crippen molar-refractivity contribution in [2.75, 3.05) is 6.61 Å². The summed E-state index contributed by atoms with van der Waals surface area (Å²) in [7, 11) is -3.31. The average molecular weight is 415 g/mol. The third-order valence-corrected chi connectivity index (χ3v) is 8.54. The minimum absolute atomic E-state index is 0.311. The van der Waals surface area contributed by atoms with Crippen molar-refractivity contribution in [2.45, 2.75) is 13.3 Å². The highest BCUT2D eigenvalue weighted by atomic mass is 28.4. The molecule has 0 fully saturated rings. The first-order valence-electron chi connectivity index (χ1n) is 10.0. The van der Waals surface area contributed by atoms with Crippen molar-refractivity contribution >= 4 is 35.4 Å². The molecule has 0 aliphatic rings. The number of carbonyl (C=O) groups excluding carboxylic acids is 1. The van der Waals surface area contributed by atoms with Gasteiger partial charge in [0.2, 0.25) is 0 Å². The molecule has 0 aliphatic carbocycles. The number of ether oxygens (including phenoxy) is 1. The summed E-state index contributed by atoms with van der Waals surface area (Å²) >= 11 is 0. The molecule has 0 atom stereocenters. The summed E-state index contributed by atoms with van der Waals surface area (Å²) in [6.07, 6.45) is 3.76. The number of hydrogen-bond acceptors (Lipinski definition) is 3. The van der Waals surface area contributed by atoms with Crippen LogP contribution >= 0.6 is 0 Å². The zero-order chi connectivity index (χ0) is 21.4. The van der Waals surface area contributed by atoms with Gasteiger partial charge in [0.1, 0.15) is 0 Å². The molecule has 3 aromatic carbocycles. The molecule has 0 saturated carbocycles. The summed E-state index contributed by atoms with van der Waals surface area (Å²) in [5.74, 6) is -0.395. The van der Waals surface area contributed by atoms with Crippen LogP contribution in [0.25, 0.3) is 5.57 Å². The molecular weight excluding hydrogens is 388 g/mol. The summed E-state index contributed by atoms with van der Waals surface area (Å²) in [5, 5.41) is 2.61. The van der Waals surface area contributed by atoms with Gasteiger partial charge >= 0.3 is 5.97 Å². The van der Waals surface area contributed by atoms with Gasteiger partial charge in [-0.25, -0.2) is 4.79 Å². The molecule has 4 heteroatoms. The lowest BCUT2D eigenvalue weighted by atomic mass is 10.0. The molecule has 3 aromatic rings. The lowest BCUT2D eigenvalue weighted by molar-refractivity contribution is -0.137. The molecule has 152 valence electrons. The third kappa shape index (κ3) is 4.51. The Morgan fingerprint density at radius 1 is 0.933 bits per heavy atom. The molecule has 0 heterocycles. The van der Waals surface area contributed by atoms with Gasteiger partial charge in [-0.2, -0.15) is 0 Å². The van der Waals surface area contributed by atoms with Crippen molar-refractivity contribution in [3.05, 3.63) is 109 Å². The van der Waals surface area contributed by atoms with Gasteiger partial charge in [0.15, 0.2) is 0 Å². The van der Waals surface area contributed by atoms with Crippen molar-refractivity contribution in [1.29, 1.82) is 0 Å². The SMILES string of the molecule is C=CC/C(=C\C(=O)OCC)c1ccccc1[Si](O)(c1ccccc1)c1ccccc1. The summed E-state index contributed by atoms with van der Waals surface area (Å²) in [6.45, 7) is 5.93. The van der Waals surface area contributed by atoms with Crippen LogP contribution in [0.5, 0.6) is 0 Å². The summed E-state index contributed by atoms with van der Waals surface area (Å²) in [6, 6.07) is 27.3. The van der Waals surface area contributed by atoms with E-state index in [1.807, 2.05) is 84.9 Å². The summed E-state index contributed by atoms with van der Waals surface area (Å²) < 4.78 is 5.13. The van der Waals surface area contributed by atoms with Gasteiger partial charge in [-0.15, -0.1) is 6.58 Å². The monoisotopic (exact) mass is 414 g/mol. The van der Waals surface area contributed by atoms with Gasteiger partial charge in [-0.3, -0.25) is 0 Å². The first kappa shape index (κ1) is 21.5. The van der Waals surface area contributed by atoms with E-state index in [4.69, 9.17) is 4.74 Å². The van der Waals surface area contributed by atoms with E-state index in [0.717, 1.165) is 26.7 Å². The van der Waals surface area contributed by atoms with E-state index < -0.39 is 14.3 Å². The van der Waals surface area contributed by atoms with Crippen molar-refractivity contribution in [1.82, 2.24) is 0 Å². The fraction of sp³-hybridized carbons (Fsp3) is 0.115. The van der Waals surface area contributed by atoms with Gasteiger partial charge in [0, 0.05) is 6.08 Å². The normalized spacial score (nSPS) is 11.7. The van der Waals surface area contributed by atoms with E-state index in [0.29, 0.717) is 13.0 Å². The minimum Gasteiger partial charge on any atom is -0.463 e. The van der Waals surface area contributed by atoms with E-state index >= 15 is 0 Å². The molecule has 0 aromatic heterocycles. The van der Waals surface area contributed by atoms with Crippen LogP contribution in [0.1, 0.15) is 18.9 Å². The molecule has 3 rings (SSSR count). The van der Waals surface area contributed by atoms with Gasteiger partial charge < -0.3 is 9.53 Å². The third-order valence-electron chi connectivity index (χ3n) is 4.99. The van der Waals surface area contributed by atoms with Crippen molar-refractivity contribution in [2.24, 2.45) is 0 Å². The topological polar surface area (TPSA) is 46.5 Å². The van der Waals surface area contributed by atoms with Crippen molar-refractivity contribution in [3.63, 3.8) is 0 Å². The number of carbonyl (C=O) groups is 1. The largest absolute Gasteiger partial charge is 0.463 e. The highest BCUT2D eigenvalue weighted by Gasteiger charge is 2.40. The predicted molar refractivity (Wildman–Crippen MR) is 126 cm³/mol. The van der Waals surface area contributed by atoms with Crippen LogP contribution in [-0.4, -0.2) is 25.7 Å². The van der Waals surface area contributed by atoms with E-state index in [1.165, 1.54) is 6.08 Å². The maximum absolute atomic E-state index is 12.3.